The van der Waals surface area contributed by atoms with Crippen molar-refractivity contribution in [2.45, 2.75) is 12.8 Å². The highest BCUT2D eigenvalue weighted by Gasteiger charge is 2.10. The van der Waals surface area contributed by atoms with Gasteiger partial charge in [0.15, 0.2) is 0 Å². The van der Waals surface area contributed by atoms with Crippen molar-refractivity contribution in [3.63, 3.8) is 0 Å². The number of benzene rings is 2. The average Bonchev–Trinajstić information content (AvgIpc) is 2.77. The van der Waals surface area contributed by atoms with Crippen LogP contribution in [0, 0.1) is 0 Å². The number of nitrogens with one attached hydrogen (secondary N) is 2. The summed E-state index contributed by atoms with van der Waals surface area (Å²) in [6.07, 6.45) is 4.73. The van der Waals surface area contributed by atoms with Crippen molar-refractivity contribution < 1.29 is 14.3 Å². The number of hydrogen-bond acceptors (Lipinski definition) is 6. The van der Waals surface area contributed by atoms with E-state index in [1.807, 2.05) is 18.2 Å². The van der Waals surface area contributed by atoms with E-state index in [0.29, 0.717) is 29.5 Å². The molecule has 0 atom stereocenters. The Balaban J connectivity index is 1.53. The van der Waals surface area contributed by atoms with Gasteiger partial charge in [0.1, 0.15) is 23.0 Å². The van der Waals surface area contributed by atoms with Crippen molar-refractivity contribution in [2.24, 2.45) is 0 Å². The number of aryl methyl sites for hydroxylation is 1. The molecule has 29 heavy (non-hydrogen) atoms. The minimum atomic E-state index is -0.240. The lowest BCUT2D eigenvalue weighted by molar-refractivity contribution is 0.0948. The van der Waals surface area contributed by atoms with Gasteiger partial charge < -0.3 is 20.1 Å². The molecule has 0 unspecified atom stereocenters. The van der Waals surface area contributed by atoms with Gasteiger partial charge in [-0.05, 0) is 30.5 Å². The standard InChI is InChI=1S/C22H24N4O3/c1-28-17-10-11-20(29-2)18(13-17)26-21-15-24-19(14-25-21)22(27)23-12-6-9-16-7-4-3-5-8-16/h3-5,7-8,10-11,13-15H,6,9,12H2,1-2H3,(H,23,27)(H,25,26). The number of carbonyl (C=O) groups is 1. The second-order valence-electron chi connectivity index (χ2n) is 6.32. The summed E-state index contributed by atoms with van der Waals surface area (Å²) in [5.41, 5.74) is 2.22. The summed E-state index contributed by atoms with van der Waals surface area (Å²) in [5, 5.41) is 6.00. The summed E-state index contributed by atoms with van der Waals surface area (Å²) in [7, 11) is 3.18. The fraction of sp³-hybridized carbons (Fsp3) is 0.227. The number of carbonyl (C=O) groups excluding carboxylic acids is 1. The van der Waals surface area contributed by atoms with Gasteiger partial charge in [-0.1, -0.05) is 30.3 Å². The van der Waals surface area contributed by atoms with Crippen molar-refractivity contribution in [1.29, 1.82) is 0 Å². The molecule has 0 aliphatic carbocycles. The first-order chi connectivity index (χ1) is 14.2. The SMILES string of the molecule is COc1ccc(OC)c(Nc2cnc(C(=O)NCCCc3ccccc3)cn2)c1. The van der Waals surface area contributed by atoms with Gasteiger partial charge in [0, 0.05) is 12.6 Å². The topological polar surface area (TPSA) is 85.4 Å². The van der Waals surface area contributed by atoms with Gasteiger partial charge in [0.05, 0.1) is 32.3 Å². The molecule has 0 aliphatic heterocycles. The lowest BCUT2D eigenvalue weighted by atomic mass is 10.1. The molecule has 0 radical (unpaired) electrons. The summed E-state index contributed by atoms with van der Waals surface area (Å²) >= 11 is 0. The fourth-order valence-corrected chi connectivity index (χ4v) is 2.79. The summed E-state index contributed by atoms with van der Waals surface area (Å²) in [6.45, 7) is 0.580. The molecule has 3 aromatic rings. The van der Waals surface area contributed by atoms with E-state index in [0.717, 1.165) is 12.8 Å². The molecule has 7 heteroatoms. The van der Waals surface area contributed by atoms with Gasteiger partial charge in [0.2, 0.25) is 0 Å². The Kier molecular flexibility index (Phi) is 7.00. The van der Waals surface area contributed by atoms with Crippen LogP contribution < -0.4 is 20.1 Å². The van der Waals surface area contributed by atoms with Crippen LogP contribution >= 0.6 is 0 Å². The maximum absolute atomic E-state index is 12.2. The van der Waals surface area contributed by atoms with Crippen molar-refractivity contribution in [3.05, 3.63) is 72.2 Å². The molecule has 0 spiro atoms. The number of methoxy groups -OCH3 is 2. The Morgan fingerprint density at radius 1 is 1.00 bits per heavy atom. The van der Waals surface area contributed by atoms with Gasteiger partial charge in [-0.3, -0.25) is 4.79 Å². The Morgan fingerprint density at radius 3 is 2.52 bits per heavy atom. The summed E-state index contributed by atoms with van der Waals surface area (Å²) in [5.74, 6) is 1.59. The summed E-state index contributed by atoms with van der Waals surface area (Å²) < 4.78 is 10.6. The zero-order valence-electron chi connectivity index (χ0n) is 16.5. The number of rotatable bonds is 9. The second-order valence-corrected chi connectivity index (χ2v) is 6.32. The smallest absolute Gasteiger partial charge is 0.271 e. The second kappa shape index (κ2) is 10.1. The molecule has 1 amide bonds. The highest BCUT2D eigenvalue weighted by atomic mass is 16.5. The third kappa shape index (κ3) is 5.68. The average molecular weight is 392 g/mol. The van der Waals surface area contributed by atoms with Gasteiger partial charge in [0.25, 0.3) is 5.91 Å². The molecule has 0 bridgehead atoms. The zero-order valence-corrected chi connectivity index (χ0v) is 16.5. The lowest BCUT2D eigenvalue weighted by Gasteiger charge is -2.12. The largest absolute Gasteiger partial charge is 0.497 e. The van der Waals surface area contributed by atoms with Gasteiger partial charge >= 0.3 is 0 Å². The van der Waals surface area contributed by atoms with E-state index in [2.05, 4.69) is 32.7 Å². The Hall–Kier alpha value is -3.61. The van der Waals surface area contributed by atoms with Gasteiger partial charge in [-0.15, -0.1) is 0 Å². The fourth-order valence-electron chi connectivity index (χ4n) is 2.79. The van der Waals surface area contributed by atoms with Crippen LogP contribution in [0.4, 0.5) is 11.5 Å². The van der Waals surface area contributed by atoms with Crippen LogP contribution in [0.25, 0.3) is 0 Å². The molecule has 2 N–H and O–H groups in total. The van der Waals surface area contributed by atoms with E-state index in [-0.39, 0.29) is 11.6 Å². The number of amides is 1. The van der Waals surface area contributed by atoms with Gasteiger partial charge in [-0.2, -0.15) is 0 Å². The predicted octanol–water partition coefficient (Wildman–Crippen LogP) is 3.60. The number of aromatic nitrogens is 2. The molecule has 7 nitrogen and oxygen atoms in total. The van der Waals surface area contributed by atoms with Crippen molar-refractivity contribution in [3.8, 4) is 11.5 Å². The molecule has 150 valence electrons. The van der Waals surface area contributed by atoms with E-state index in [1.54, 1.807) is 32.4 Å². The predicted molar refractivity (Wildman–Crippen MR) is 112 cm³/mol. The molecule has 0 aliphatic rings. The van der Waals surface area contributed by atoms with Crippen LogP contribution in [0.3, 0.4) is 0 Å². The quantitative estimate of drug-likeness (QED) is 0.541. The van der Waals surface area contributed by atoms with E-state index in [9.17, 15) is 4.79 Å². The van der Waals surface area contributed by atoms with E-state index < -0.39 is 0 Å². The third-order valence-electron chi connectivity index (χ3n) is 4.32. The molecular weight excluding hydrogens is 368 g/mol. The third-order valence-corrected chi connectivity index (χ3v) is 4.32. The molecule has 0 fully saturated rings. The van der Waals surface area contributed by atoms with Crippen LogP contribution in [-0.4, -0.2) is 36.6 Å². The van der Waals surface area contributed by atoms with Crippen LogP contribution in [0.2, 0.25) is 0 Å². The Morgan fingerprint density at radius 2 is 1.83 bits per heavy atom. The minimum absolute atomic E-state index is 0.240. The first-order valence-electron chi connectivity index (χ1n) is 9.33. The van der Waals surface area contributed by atoms with Gasteiger partial charge in [-0.25, -0.2) is 9.97 Å². The van der Waals surface area contributed by atoms with Crippen LogP contribution in [0.5, 0.6) is 11.5 Å². The first kappa shape index (κ1) is 20.1. The number of hydrogen-bond donors (Lipinski definition) is 2. The van der Waals surface area contributed by atoms with Crippen LogP contribution in [0.15, 0.2) is 60.9 Å². The number of ether oxygens (including phenoxy) is 2. The maximum Gasteiger partial charge on any atom is 0.271 e. The molecule has 1 aromatic heterocycles. The molecular formula is C22H24N4O3. The highest BCUT2D eigenvalue weighted by Crippen LogP contribution is 2.30. The van der Waals surface area contributed by atoms with Crippen molar-refractivity contribution in [1.82, 2.24) is 15.3 Å². The highest BCUT2D eigenvalue weighted by molar-refractivity contribution is 5.92. The minimum Gasteiger partial charge on any atom is -0.497 e. The van der Waals surface area contributed by atoms with Crippen LogP contribution in [0.1, 0.15) is 22.5 Å². The molecule has 2 aromatic carbocycles. The molecule has 1 heterocycles. The molecule has 3 rings (SSSR count). The Bertz CT molecular complexity index is 931. The molecule has 0 saturated carbocycles. The zero-order chi connectivity index (χ0) is 20.5. The first-order valence-corrected chi connectivity index (χ1v) is 9.33. The number of anilines is 2. The maximum atomic E-state index is 12.2. The van der Waals surface area contributed by atoms with Crippen molar-refractivity contribution in [2.75, 3.05) is 26.1 Å². The van der Waals surface area contributed by atoms with E-state index in [4.69, 9.17) is 9.47 Å². The van der Waals surface area contributed by atoms with E-state index >= 15 is 0 Å². The van der Waals surface area contributed by atoms with Crippen LogP contribution in [-0.2, 0) is 6.42 Å². The van der Waals surface area contributed by atoms with Crippen molar-refractivity contribution >= 4 is 17.4 Å². The normalized spacial score (nSPS) is 10.3. The monoisotopic (exact) mass is 392 g/mol. The van der Waals surface area contributed by atoms with E-state index in [1.165, 1.54) is 18.0 Å². The molecule has 0 saturated heterocycles. The summed E-state index contributed by atoms with van der Waals surface area (Å²) in [4.78, 5) is 20.7. The Labute approximate surface area is 170 Å². The lowest BCUT2D eigenvalue weighted by Crippen LogP contribution is -2.25. The number of nitrogens with zero attached hydrogens (tertiary/aromatic N) is 2. The summed E-state index contributed by atoms with van der Waals surface area (Å²) in [6, 6.07) is 15.6.